The molecule has 0 amide bonds. The fraction of sp³-hybridized carbons (Fsp3) is 0.615. The Bertz CT molecular complexity index is 1270. The molecular weight excluding hydrogens is 547 g/mol. The Kier molecular flexibility index (Phi) is 9.43. The Morgan fingerprint density at radius 2 is 1.85 bits per heavy atom. The zero-order valence-electron chi connectivity index (χ0n) is 23.3. The van der Waals surface area contributed by atoms with Crippen LogP contribution in [0.4, 0.5) is 30.6 Å². The van der Waals surface area contributed by atoms with E-state index in [1.165, 1.54) is 18.5 Å². The summed E-state index contributed by atoms with van der Waals surface area (Å²) in [5, 5.41) is 5.91. The number of rotatable bonds is 9. The summed E-state index contributed by atoms with van der Waals surface area (Å²) in [5.74, 6) is 0.0886. The molecule has 2 aromatic rings. The lowest BCUT2D eigenvalue weighted by atomic mass is 9.90. The molecule has 2 aliphatic rings. The molecule has 1 aromatic carbocycles. The van der Waals surface area contributed by atoms with E-state index >= 15 is 0 Å². The number of hydrogen-bond donors (Lipinski definition) is 2. The molecule has 1 saturated heterocycles. The van der Waals surface area contributed by atoms with Gasteiger partial charge in [0.2, 0.25) is 16.0 Å². The van der Waals surface area contributed by atoms with Crippen LogP contribution in [0.15, 0.2) is 24.4 Å². The standard InChI is InChI=1S/C26H38F3N7O3S/c1-34-11-13-36(14-12-34)17-18-9-10-21(23(15-18)39-3)32-25-30-16-19(26(27,28)29)24(33-25)31-20-7-5-6-8-22(20)35(2)40(4,37)38/h9-10,15-16,20,22H,5-8,11-14,17H2,1-4H3,(H2,30,31,32,33)/t20-,22-/m1/s1. The van der Waals surface area contributed by atoms with Gasteiger partial charge in [-0.25, -0.2) is 17.7 Å². The van der Waals surface area contributed by atoms with Crippen molar-refractivity contribution < 1.29 is 26.3 Å². The molecule has 1 aliphatic heterocycles. The average Bonchev–Trinajstić information content (AvgIpc) is 2.89. The number of alkyl halides is 3. The number of benzene rings is 1. The predicted octanol–water partition coefficient (Wildman–Crippen LogP) is 3.61. The van der Waals surface area contributed by atoms with Crippen LogP contribution in [0.5, 0.6) is 5.75 Å². The second-order valence-electron chi connectivity index (χ2n) is 10.6. The maximum absolute atomic E-state index is 13.9. The van der Waals surface area contributed by atoms with Gasteiger partial charge >= 0.3 is 6.18 Å². The summed E-state index contributed by atoms with van der Waals surface area (Å²) in [4.78, 5) is 12.8. The van der Waals surface area contributed by atoms with Gasteiger partial charge in [0.05, 0.1) is 19.1 Å². The van der Waals surface area contributed by atoms with Crippen LogP contribution in [0.25, 0.3) is 0 Å². The minimum Gasteiger partial charge on any atom is -0.495 e. The predicted molar refractivity (Wildman–Crippen MR) is 148 cm³/mol. The summed E-state index contributed by atoms with van der Waals surface area (Å²) < 4.78 is 72.9. The van der Waals surface area contributed by atoms with Crippen LogP contribution in [-0.2, 0) is 22.7 Å². The first-order valence-electron chi connectivity index (χ1n) is 13.3. The van der Waals surface area contributed by atoms with Crippen molar-refractivity contribution in [2.75, 3.05) is 64.3 Å². The van der Waals surface area contributed by atoms with Crippen molar-refractivity contribution in [3.8, 4) is 5.75 Å². The summed E-state index contributed by atoms with van der Waals surface area (Å²) in [7, 11) is 1.56. The number of anilines is 3. The third kappa shape index (κ3) is 7.53. The van der Waals surface area contributed by atoms with Crippen molar-refractivity contribution >= 4 is 27.5 Å². The molecule has 14 heteroatoms. The minimum atomic E-state index is -4.70. The number of nitrogens with one attached hydrogen (secondary N) is 2. The Labute approximate surface area is 234 Å². The molecule has 2 fully saturated rings. The highest BCUT2D eigenvalue weighted by atomic mass is 32.2. The van der Waals surface area contributed by atoms with Gasteiger partial charge in [-0.2, -0.15) is 18.2 Å². The van der Waals surface area contributed by atoms with E-state index in [2.05, 4.69) is 37.4 Å². The highest BCUT2D eigenvalue weighted by molar-refractivity contribution is 7.88. The zero-order chi connectivity index (χ0) is 29.1. The van der Waals surface area contributed by atoms with E-state index in [1.54, 1.807) is 6.07 Å². The number of likely N-dealkylation sites (N-methyl/N-ethyl adjacent to an activating group) is 2. The first-order valence-corrected chi connectivity index (χ1v) is 15.2. The first kappa shape index (κ1) is 30.3. The molecule has 2 heterocycles. The van der Waals surface area contributed by atoms with Gasteiger partial charge < -0.3 is 20.3 Å². The average molecular weight is 586 g/mol. The normalized spacial score (nSPS) is 21.4. The third-order valence-electron chi connectivity index (χ3n) is 7.65. The van der Waals surface area contributed by atoms with E-state index in [9.17, 15) is 21.6 Å². The monoisotopic (exact) mass is 585 g/mol. The molecule has 222 valence electrons. The highest BCUT2D eigenvalue weighted by Crippen LogP contribution is 2.37. The maximum Gasteiger partial charge on any atom is 0.421 e. The lowest BCUT2D eigenvalue weighted by Gasteiger charge is -2.37. The van der Waals surface area contributed by atoms with Gasteiger partial charge in [-0.3, -0.25) is 4.90 Å². The van der Waals surface area contributed by atoms with Crippen molar-refractivity contribution in [2.45, 2.75) is 50.5 Å². The lowest BCUT2D eigenvalue weighted by Crippen LogP contribution is -2.49. The number of halogens is 3. The molecule has 40 heavy (non-hydrogen) atoms. The molecule has 1 aromatic heterocycles. The molecule has 0 bridgehead atoms. The summed E-state index contributed by atoms with van der Waals surface area (Å²) in [5.41, 5.74) is 0.558. The van der Waals surface area contributed by atoms with Gasteiger partial charge in [0, 0.05) is 58.1 Å². The summed E-state index contributed by atoms with van der Waals surface area (Å²) in [6.07, 6.45) is -0.263. The molecule has 0 unspecified atom stereocenters. The fourth-order valence-corrected chi connectivity index (χ4v) is 5.96. The molecule has 10 nitrogen and oxygen atoms in total. The van der Waals surface area contributed by atoms with Crippen LogP contribution >= 0.6 is 0 Å². The van der Waals surface area contributed by atoms with Gasteiger partial charge in [0.15, 0.2) is 0 Å². The van der Waals surface area contributed by atoms with E-state index in [0.29, 0.717) is 24.3 Å². The first-order chi connectivity index (χ1) is 18.8. The van der Waals surface area contributed by atoms with E-state index in [1.807, 2.05) is 12.1 Å². The second kappa shape index (κ2) is 12.5. The quantitative estimate of drug-likeness (QED) is 0.457. The van der Waals surface area contributed by atoms with E-state index in [0.717, 1.165) is 63.6 Å². The summed E-state index contributed by atoms with van der Waals surface area (Å²) in [6, 6.07) is 4.61. The smallest absolute Gasteiger partial charge is 0.421 e. The SMILES string of the molecule is COc1cc(CN2CCN(C)CC2)ccc1Nc1ncc(C(F)(F)F)c(N[C@@H]2CCCC[C@H]2N(C)S(C)(=O)=O)n1. The van der Waals surface area contributed by atoms with Crippen molar-refractivity contribution in [3.05, 3.63) is 35.5 Å². The van der Waals surface area contributed by atoms with Crippen LogP contribution in [-0.4, -0.2) is 98.2 Å². The van der Waals surface area contributed by atoms with E-state index in [4.69, 9.17) is 4.74 Å². The molecule has 0 radical (unpaired) electrons. The Morgan fingerprint density at radius 3 is 2.50 bits per heavy atom. The van der Waals surface area contributed by atoms with Gasteiger partial charge in [-0.15, -0.1) is 0 Å². The van der Waals surface area contributed by atoms with Crippen LogP contribution in [0.2, 0.25) is 0 Å². The van der Waals surface area contributed by atoms with Crippen molar-refractivity contribution in [2.24, 2.45) is 0 Å². The highest BCUT2D eigenvalue weighted by Gasteiger charge is 2.38. The lowest BCUT2D eigenvalue weighted by molar-refractivity contribution is -0.137. The van der Waals surface area contributed by atoms with Crippen molar-refractivity contribution in [3.63, 3.8) is 0 Å². The summed E-state index contributed by atoms with van der Waals surface area (Å²) >= 11 is 0. The van der Waals surface area contributed by atoms with Gasteiger partial charge in [0.25, 0.3) is 0 Å². The van der Waals surface area contributed by atoms with Crippen LogP contribution < -0.4 is 15.4 Å². The number of piperazine rings is 1. The molecule has 2 atom stereocenters. The zero-order valence-corrected chi connectivity index (χ0v) is 24.1. The third-order valence-corrected chi connectivity index (χ3v) is 8.97. The van der Waals surface area contributed by atoms with Gasteiger partial charge in [0.1, 0.15) is 17.1 Å². The Hall–Kier alpha value is -2.68. The fourth-order valence-electron chi connectivity index (χ4n) is 5.22. The minimum absolute atomic E-state index is 0.0376. The number of methoxy groups -OCH3 is 1. The topological polar surface area (TPSA) is 103 Å². The largest absolute Gasteiger partial charge is 0.495 e. The molecule has 2 N–H and O–H groups in total. The number of nitrogens with zero attached hydrogens (tertiary/aromatic N) is 5. The maximum atomic E-state index is 13.9. The molecular formula is C26H38F3N7O3S. The van der Waals surface area contributed by atoms with Crippen molar-refractivity contribution in [1.29, 1.82) is 0 Å². The van der Waals surface area contributed by atoms with Crippen LogP contribution in [0, 0.1) is 0 Å². The molecule has 4 rings (SSSR count). The number of aromatic nitrogens is 2. The van der Waals surface area contributed by atoms with Gasteiger partial charge in [-0.05, 0) is 37.6 Å². The van der Waals surface area contributed by atoms with Crippen LogP contribution in [0.3, 0.4) is 0 Å². The molecule has 1 aliphatic carbocycles. The Balaban J connectivity index is 1.56. The molecule has 1 saturated carbocycles. The van der Waals surface area contributed by atoms with Crippen LogP contribution in [0.1, 0.15) is 36.8 Å². The number of ether oxygens (including phenoxy) is 1. The van der Waals surface area contributed by atoms with E-state index < -0.39 is 39.7 Å². The number of hydrogen-bond acceptors (Lipinski definition) is 9. The number of sulfonamides is 1. The Morgan fingerprint density at radius 1 is 1.15 bits per heavy atom. The second-order valence-corrected chi connectivity index (χ2v) is 12.6. The van der Waals surface area contributed by atoms with Gasteiger partial charge in [-0.1, -0.05) is 18.9 Å². The van der Waals surface area contributed by atoms with E-state index in [-0.39, 0.29) is 5.95 Å². The van der Waals surface area contributed by atoms with Crippen molar-refractivity contribution in [1.82, 2.24) is 24.1 Å². The summed E-state index contributed by atoms with van der Waals surface area (Å²) in [6.45, 7) is 4.71. The molecule has 0 spiro atoms.